The lowest BCUT2D eigenvalue weighted by atomic mass is 10.1. The van der Waals surface area contributed by atoms with E-state index in [1.165, 1.54) is 34.6 Å². The molecule has 0 bridgehead atoms. The zero-order valence-electron chi connectivity index (χ0n) is 20.0. The van der Waals surface area contributed by atoms with Crippen LogP contribution in [-0.2, 0) is 29.8 Å². The average molecular weight is 549 g/mol. The van der Waals surface area contributed by atoms with Crippen LogP contribution in [0.3, 0.4) is 0 Å². The normalized spacial score (nSPS) is 12.5. The van der Waals surface area contributed by atoms with E-state index in [0.29, 0.717) is 28.6 Å². The number of aryl methyl sites for hydroxylation is 1. The van der Waals surface area contributed by atoms with E-state index >= 15 is 0 Å². The van der Waals surface area contributed by atoms with Gasteiger partial charge in [-0.2, -0.15) is 13.2 Å². The minimum Gasteiger partial charge on any atom is -0.357 e. The van der Waals surface area contributed by atoms with Crippen molar-refractivity contribution in [2.45, 2.75) is 19.6 Å². The van der Waals surface area contributed by atoms with Gasteiger partial charge in [-0.15, -0.1) is 0 Å². The van der Waals surface area contributed by atoms with Crippen molar-refractivity contribution in [3.8, 4) is 11.3 Å². The van der Waals surface area contributed by atoms with E-state index in [4.69, 9.17) is 0 Å². The Hall–Kier alpha value is -4.20. The van der Waals surface area contributed by atoms with Crippen LogP contribution in [0.25, 0.3) is 33.3 Å². The van der Waals surface area contributed by atoms with Crippen LogP contribution in [0, 0.1) is 5.82 Å². The van der Waals surface area contributed by atoms with Crippen LogP contribution in [0.4, 0.5) is 23.2 Å². The number of imidazole rings is 1. The van der Waals surface area contributed by atoms with Crippen molar-refractivity contribution in [3.63, 3.8) is 0 Å². The Balaban J connectivity index is 1.73. The van der Waals surface area contributed by atoms with E-state index in [-0.39, 0.29) is 46.0 Å². The van der Waals surface area contributed by atoms with Gasteiger partial charge in [-0.05, 0) is 37.3 Å². The van der Waals surface area contributed by atoms with Crippen molar-refractivity contribution in [1.29, 1.82) is 0 Å². The van der Waals surface area contributed by atoms with Gasteiger partial charge >= 0.3 is 6.18 Å². The number of nitrogens with zero attached hydrogens (tertiary/aromatic N) is 4. The first-order valence-corrected chi connectivity index (χ1v) is 12.9. The maximum Gasteiger partial charge on any atom is 0.416 e. The highest BCUT2D eigenvalue weighted by atomic mass is 32.2. The van der Waals surface area contributed by atoms with Gasteiger partial charge < -0.3 is 14.1 Å². The number of H-pyrrole nitrogens is 1. The summed E-state index contributed by atoms with van der Waals surface area (Å²) in [5.41, 5.74) is -0.195. The van der Waals surface area contributed by atoms with Gasteiger partial charge in [0.1, 0.15) is 16.9 Å². The lowest BCUT2D eigenvalue weighted by Gasteiger charge is -2.13. The predicted molar refractivity (Wildman–Crippen MR) is 134 cm³/mol. The van der Waals surface area contributed by atoms with E-state index in [2.05, 4.69) is 19.7 Å². The van der Waals surface area contributed by atoms with Crippen molar-refractivity contribution in [2.24, 2.45) is 7.05 Å². The summed E-state index contributed by atoms with van der Waals surface area (Å²) < 4.78 is 84.2. The van der Waals surface area contributed by atoms with Gasteiger partial charge in [-0.3, -0.25) is 9.52 Å². The Morgan fingerprint density at radius 3 is 2.63 bits per heavy atom. The number of halogens is 4. The number of benzene rings is 1. The van der Waals surface area contributed by atoms with Crippen LogP contribution in [0.5, 0.6) is 0 Å². The smallest absolute Gasteiger partial charge is 0.357 e. The molecule has 0 aliphatic rings. The third-order valence-corrected chi connectivity index (χ3v) is 7.39. The van der Waals surface area contributed by atoms with Crippen molar-refractivity contribution in [2.75, 3.05) is 10.5 Å². The van der Waals surface area contributed by atoms with Gasteiger partial charge in [0.05, 0.1) is 35.6 Å². The molecule has 0 aliphatic heterocycles. The molecule has 5 rings (SSSR count). The van der Waals surface area contributed by atoms with Gasteiger partial charge in [0.15, 0.2) is 5.65 Å². The summed E-state index contributed by atoms with van der Waals surface area (Å²) >= 11 is 0. The highest BCUT2D eigenvalue weighted by Crippen LogP contribution is 2.33. The molecular weight excluding hydrogens is 528 g/mol. The number of nitrogens with one attached hydrogen (secondary N) is 2. The van der Waals surface area contributed by atoms with Crippen molar-refractivity contribution >= 4 is 37.8 Å². The maximum atomic E-state index is 14.5. The summed E-state index contributed by atoms with van der Waals surface area (Å²) in [6.45, 7) is 1.10. The van der Waals surface area contributed by atoms with E-state index in [1.807, 2.05) is 0 Å². The number of pyridine rings is 2. The Kier molecular flexibility index (Phi) is 6.01. The molecule has 4 heterocycles. The molecule has 0 atom stereocenters. The third kappa shape index (κ3) is 4.51. The van der Waals surface area contributed by atoms with Crippen molar-refractivity contribution < 1.29 is 26.0 Å². The van der Waals surface area contributed by atoms with Gasteiger partial charge in [-0.25, -0.2) is 22.8 Å². The van der Waals surface area contributed by atoms with E-state index in [1.54, 1.807) is 19.3 Å². The number of hydrogen-bond donors (Lipinski definition) is 2. The number of aromatic nitrogens is 5. The Labute approximate surface area is 212 Å². The van der Waals surface area contributed by atoms with Crippen molar-refractivity contribution in [1.82, 2.24) is 24.1 Å². The summed E-state index contributed by atoms with van der Waals surface area (Å²) in [6.07, 6.45) is -0.299. The first kappa shape index (κ1) is 25.4. The predicted octanol–water partition coefficient (Wildman–Crippen LogP) is 4.25. The zero-order chi connectivity index (χ0) is 27.4. The van der Waals surface area contributed by atoms with Crippen molar-refractivity contribution in [3.05, 3.63) is 76.4 Å². The molecule has 0 aliphatic carbocycles. The minimum absolute atomic E-state index is 0.0765. The quantitative estimate of drug-likeness (QED) is 0.308. The molecule has 0 spiro atoms. The number of alkyl halides is 3. The van der Waals surface area contributed by atoms with Crippen LogP contribution in [-0.4, -0.2) is 38.3 Å². The standard InChI is InChI=1S/C24H20F4N6O3S/c1-3-38(36,37)32-19-9-18(16-11-33(2)23(35)20-15(16)6-7-29-20)31-22-21(19)30-12-34(22)10-13-8-14(24(26,27)28)4-5-17(13)25/h4-9,11-12,29H,3,10H2,1-2H3,(H,31,32). The minimum atomic E-state index is -4.67. The highest BCUT2D eigenvalue weighted by Gasteiger charge is 2.31. The number of anilines is 1. The highest BCUT2D eigenvalue weighted by molar-refractivity contribution is 7.92. The number of sulfonamides is 1. The van der Waals surface area contributed by atoms with Crippen LogP contribution >= 0.6 is 0 Å². The molecule has 1 aromatic carbocycles. The first-order chi connectivity index (χ1) is 17.9. The maximum absolute atomic E-state index is 14.5. The number of rotatable bonds is 6. The fourth-order valence-electron chi connectivity index (χ4n) is 4.13. The Morgan fingerprint density at radius 2 is 1.92 bits per heavy atom. The van der Waals surface area contributed by atoms with E-state index < -0.39 is 27.6 Å². The largest absolute Gasteiger partial charge is 0.416 e. The molecule has 0 radical (unpaired) electrons. The molecule has 2 N–H and O–H groups in total. The van der Waals surface area contributed by atoms with Gasteiger partial charge in [-0.1, -0.05) is 0 Å². The Bertz CT molecular complexity index is 1870. The summed E-state index contributed by atoms with van der Waals surface area (Å²) in [6, 6.07) is 5.24. The van der Waals surface area contributed by atoms with Gasteiger partial charge in [0.2, 0.25) is 10.0 Å². The topological polar surface area (TPSA) is 115 Å². The summed E-state index contributed by atoms with van der Waals surface area (Å²) in [7, 11) is -2.21. The Morgan fingerprint density at radius 1 is 1.16 bits per heavy atom. The van der Waals surface area contributed by atoms with E-state index in [9.17, 15) is 30.8 Å². The molecule has 4 aromatic heterocycles. The molecule has 198 valence electrons. The van der Waals surface area contributed by atoms with Gasteiger partial charge in [0.25, 0.3) is 5.56 Å². The molecular formula is C24H20F4N6O3S. The summed E-state index contributed by atoms with van der Waals surface area (Å²) in [5.74, 6) is -1.08. The molecule has 0 unspecified atom stereocenters. The number of aromatic amines is 1. The molecule has 38 heavy (non-hydrogen) atoms. The van der Waals surface area contributed by atoms with Crippen LogP contribution in [0.1, 0.15) is 18.1 Å². The molecule has 0 saturated heterocycles. The monoisotopic (exact) mass is 548 g/mol. The summed E-state index contributed by atoms with van der Waals surface area (Å²) in [4.78, 5) is 24.2. The molecule has 5 aromatic rings. The molecule has 9 nitrogen and oxygen atoms in total. The second-order valence-electron chi connectivity index (χ2n) is 8.63. The molecule has 0 saturated carbocycles. The lowest BCUT2D eigenvalue weighted by Crippen LogP contribution is -2.17. The van der Waals surface area contributed by atoms with Crippen LogP contribution in [0.2, 0.25) is 0 Å². The SMILES string of the molecule is CCS(=O)(=O)Nc1cc(-c2cn(C)c(=O)c3[nH]ccc23)nc2c1ncn2Cc1cc(C(F)(F)F)ccc1F. The molecule has 0 fully saturated rings. The van der Waals surface area contributed by atoms with E-state index in [0.717, 1.165) is 6.07 Å². The molecule has 0 amide bonds. The average Bonchev–Trinajstić information content (AvgIpc) is 3.50. The third-order valence-electron chi connectivity index (χ3n) is 6.10. The van der Waals surface area contributed by atoms with Crippen LogP contribution in [0.15, 0.2) is 53.8 Å². The first-order valence-electron chi connectivity index (χ1n) is 11.3. The number of hydrogen-bond acceptors (Lipinski definition) is 5. The number of fused-ring (bicyclic) bond motifs is 2. The zero-order valence-corrected chi connectivity index (χ0v) is 20.8. The van der Waals surface area contributed by atoms with Gasteiger partial charge in [0, 0.05) is 36.0 Å². The van der Waals surface area contributed by atoms with Crippen LogP contribution < -0.4 is 10.3 Å². The summed E-state index contributed by atoms with van der Waals surface area (Å²) in [5, 5.41) is 0.527. The molecule has 14 heteroatoms. The second-order valence-corrected chi connectivity index (χ2v) is 10.6. The fourth-order valence-corrected chi connectivity index (χ4v) is 4.77. The second kappa shape index (κ2) is 8.97. The lowest BCUT2D eigenvalue weighted by molar-refractivity contribution is -0.137. The fraction of sp³-hybridized carbons (Fsp3) is 0.208.